The predicted molar refractivity (Wildman–Crippen MR) is 82.1 cm³/mol. The van der Waals surface area contributed by atoms with Gasteiger partial charge in [0.1, 0.15) is 0 Å². The molecule has 0 aliphatic carbocycles. The summed E-state index contributed by atoms with van der Waals surface area (Å²) >= 11 is 3.37. The highest BCUT2D eigenvalue weighted by atomic mass is 79.9. The molecule has 1 unspecified atom stereocenters. The van der Waals surface area contributed by atoms with Gasteiger partial charge in [-0.25, -0.2) is 4.79 Å². The number of amides is 3. The van der Waals surface area contributed by atoms with Crippen molar-refractivity contribution in [3.05, 3.63) is 34.3 Å². The summed E-state index contributed by atoms with van der Waals surface area (Å²) in [6.45, 7) is 2.71. The van der Waals surface area contributed by atoms with Crippen LogP contribution in [0.2, 0.25) is 0 Å². The number of halogens is 1. The first-order chi connectivity index (χ1) is 9.52. The molecule has 0 saturated heterocycles. The van der Waals surface area contributed by atoms with Gasteiger partial charge in [-0.05, 0) is 24.1 Å². The van der Waals surface area contributed by atoms with Crippen molar-refractivity contribution in [1.82, 2.24) is 10.6 Å². The molecular formula is C14H20BrN3O2. The fourth-order valence-corrected chi connectivity index (χ4v) is 2.23. The van der Waals surface area contributed by atoms with Crippen molar-refractivity contribution in [2.75, 3.05) is 6.54 Å². The molecule has 0 radical (unpaired) electrons. The lowest BCUT2D eigenvalue weighted by Gasteiger charge is -2.18. The molecule has 6 heteroatoms. The van der Waals surface area contributed by atoms with Gasteiger partial charge in [-0.3, -0.25) is 4.79 Å². The van der Waals surface area contributed by atoms with Crippen LogP contribution in [-0.4, -0.2) is 18.5 Å². The summed E-state index contributed by atoms with van der Waals surface area (Å²) in [6, 6.07) is 6.38. The van der Waals surface area contributed by atoms with Crippen LogP contribution >= 0.6 is 15.9 Å². The van der Waals surface area contributed by atoms with Crippen LogP contribution < -0.4 is 16.4 Å². The topological polar surface area (TPSA) is 84.2 Å². The highest BCUT2D eigenvalue weighted by Gasteiger charge is 2.17. The number of primary amides is 1. The molecule has 1 rings (SSSR count). The first-order valence-electron chi connectivity index (χ1n) is 6.61. The molecule has 0 spiro atoms. The van der Waals surface area contributed by atoms with Crippen molar-refractivity contribution in [3.8, 4) is 0 Å². The molecule has 1 atom stereocenters. The molecule has 0 bridgehead atoms. The van der Waals surface area contributed by atoms with Crippen LogP contribution in [0.25, 0.3) is 0 Å². The quantitative estimate of drug-likeness (QED) is 0.665. The molecule has 0 saturated carbocycles. The molecule has 1 aromatic rings. The number of unbranched alkanes of at least 4 members (excludes halogenated alkanes) is 1. The van der Waals surface area contributed by atoms with Gasteiger partial charge in [0, 0.05) is 11.0 Å². The Morgan fingerprint density at radius 3 is 2.75 bits per heavy atom. The molecule has 0 heterocycles. The standard InChI is InChI=1S/C14H20BrN3O2/c1-2-3-7-17-13(19)9-12(18-14(16)20)10-5-4-6-11(15)8-10/h4-6,8,12H,2-3,7,9H2,1H3,(H,17,19)(H3,16,18,20). The van der Waals surface area contributed by atoms with Gasteiger partial charge in [0.2, 0.25) is 5.91 Å². The van der Waals surface area contributed by atoms with E-state index in [1.165, 1.54) is 0 Å². The zero-order valence-electron chi connectivity index (χ0n) is 11.5. The van der Waals surface area contributed by atoms with Crippen LogP contribution in [0.4, 0.5) is 4.79 Å². The van der Waals surface area contributed by atoms with Gasteiger partial charge in [-0.1, -0.05) is 41.4 Å². The first kappa shape index (κ1) is 16.5. The lowest BCUT2D eigenvalue weighted by Crippen LogP contribution is -2.36. The van der Waals surface area contributed by atoms with Gasteiger partial charge in [0.05, 0.1) is 12.5 Å². The number of carbonyl (C=O) groups excluding carboxylic acids is 2. The summed E-state index contributed by atoms with van der Waals surface area (Å²) in [6.07, 6.45) is 2.13. The number of urea groups is 1. The van der Waals surface area contributed by atoms with Crippen LogP contribution in [0.5, 0.6) is 0 Å². The van der Waals surface area contributed by atoms with E-state index >= 15 is 0 Å². The van der Waals surface area contributed by atoms with Crippen LogP contribution in [0.1, 0.15) is 37.8 Å². The first-order valence-corrected chi connectivity index (χ1v) is 7.40. The summed E-state index contributed by atoms with van der Waals surface area (Å²) in [5, 5.41) is 5.43. The zero-order chi connectivity index (χ0) is 15.0. The molecule has 3 amide bonds. The van der Waals surface area contributed by atoms with Crippen LogP contribution in [0.15, 0.2) is 28.7 Å². The Morgan fingerprint density at radius 1 is 1.40 bits per heavy atom. The lowest BCUT2D eigenvalue weighted by molar-refractivity contribution is -0.121. The Bertz CT molecular complexity index is 465. The van der Waals surface area contributed by atoms with E-state index in [2.05, 4.69) is 33.5 Å². The van der Waals surface area contributed by atoms with Gasteiger partial charge < -0.3 is 16.4 Å². The number of hydrogen-bond acceptors (Lipinski definition) is 2. The molecule has 0 aromatic heterocycles. The Kier molecular flexibility index (Phi) is 7.08. The molecule has 0 aliphatic heterocycles. The second-order valence-electron chi connectivity index (χ2n) is 4.52. The van der Waals surface area contributed by atoms with Crippen LogP contribution in [-0.2, 0) is 4.79 Å². The maximum atomic E-state index is 11.9. The third kappa shape index (κ3) is 6.06. The maximum Gasteiger partial charge on any atom is 0.312 e. The normalized spacial score (nSPS) is 11.7. The van der Waals surface area contributed by atoms with Crippen molar-refractivity contribution in [1.29, 1.82) is 0 Å². The summed E-state index contributed by atoms with van der Waals surface area (Å²) < 4.78 is 0.887. The number of benzene rings is 1. The average Bonchev–Trinajstić information content (AvgIpc) is 2.38. The van der Waals surface area contributed by atoms with Gasteiger partial charge >= 0.3 is 6.03 Å². The summed E-state index contributed by atoms with van der Waals surface area (Å²) in [4.78, 5) is 22.9. The maximum absolute atomic E-state index is 11.9. The third-order valence-corrected chi connectivity index (χ3v) is 3.30. The molecular weight excluding hydrogens is 322 g/mol. The van der Waals surface area contributed by atoms with E-state index in [0.29, 0.717) is 6.54 Å². The Labute approximate surface area is 127 Å². The molecule has 0 aliphatic rings. The van der Waals surface area contributed by atoms with E-state index in [-0.39, 0.29) is 12.3 Å². The fourth-order valence-electron chi connectivity index (χ4n) is 1.81. The van der Waals surface area contributed by atoms with E-state index in [1.807, 2.05) is 24.3 Å². The van der Waals surface area contributed by atoms with Gasteiger partial charge in [-0.2, -0.15) is 0 Å². The zero-order valence-corrected chi connectivity index (χ0v) is 13.1. The molecule has 4 N–H and O–H groups in total. The van der Waals surface area contributed by atoms with Gasteiger partial charge in [0.15, 0.2) is 0 Å². The van der Waals surface area contributed by atoms with Crippen LogP contribution in [0, 0.1) is 0 Å². The molecule has 0 fully saturated rings. The minimum atomic E-state index is -0.642. The van der Waals surface area contributed by atoms with E-state index in [1.54, 1.807) is 0 Å². The second kappa shape index (κ2) is 8.58. The smallest absolute Gasteiger partial charge is 0.312 e. The van der Waals surface area contributed by atoms with Crippen molar-refractivity contribution in [2.24, 2.45) is 5.73 Å². The molecule has 110 valence electrons. The molecule has 1 aromatic carbocycles. The highest BCUT2D eigenvalue weighted by molar-refractivity contribution is 9.10. The third-order valence-electron chi connectivity index (χ3n) is 2.81. The van der Waals surface area contributed by atoms with Crippen molar-refractivity contribution >= 4 is 27.9 Å². The Hall–Kier alpha value is -1.56. The van der Waals surface area contributed by atoms with E-state index in [0.717, 1.165) is 22.9 Å². The van der Waals surface area contributed by atoms with E-state index in [4.69, 9.17) is 5.73 Å². The number of nitrogens with two attached hydrogens (primary N) is 1. The summed E-state index contributed by atoms with van der Waals surface area (Å²) in [5.41, 5.74) is 6.01. The summed E-state index contributed by atoms with van der Waals surface area (Å²) in [5.74, 6) is -0.0998. The Balaban J connectivity index is 2.69. The van der Waals surface area contributed by atoms with Gasteiger partial charge in [-0.15, -0.1) is 0 Å². The minimum absolute atomic E-state index is 0.0998. The van der Waals surface area contributed by atoms with Crippen molar-refractivity contribution in [2.45, 2.75) is 32.2 Å². The number of carbonyl (C=O) groups is 2. The number of hydrogen-bond donors (Lipinski definition) is 3. The highest BCUT2D eigenvalue weighted by Crippen LogP contribution is 2.20. The van der Waals surface area contributed by atoms with Crippen LogP contribution in [0.3, 0.4) is 0 Å². The molecule has 20 heavy (non-hydrogen) atoms. The average molecular weight is 342 g/mol. The predicted octanol–water partition coefficient (Wildman–Crippen LogP) is 2.46. The van der Waals surface area contributed by atoms with E-state index < -0.39 is 12.1 Å². The second-order valence-corrected chi connectivity index (χ2v) is 5.44. The summed E-state index contributed by atoms with van der Waals surface area (Å²) in [7, 11) is 0. The monoisotopic (exact) mass is 341 g/mol. The van der Waals surface area contributed by atoms with Crippen molar-refractivity contribution < 1.29 is 9.59 Å². The van der Waals surface area contributed by atoms with Crippen molar-refractivity contribution in [3.63, 3.8) is 0 Å². The minimum Gasteiger partial charge on any atom is -0.356 e. The van der Waals surface area contributed by atoms with E-state index in [9.17, 15) is 9.59 Å². The number of nitrogens with one attached hydrogen (secondary N) is 2. The van der Waals surface area contributed by atoms with Gasteiger partial charge in [0.25, 0.3) is 0 Å². The lowest BCUT2D eigenvalue weighted by atomic mass is 10.0. The Morgan fingerprint density at radius 2 is 2.15 bits per heavy atom. The molecule has 5 nitrogen and oxygen atoms in total. The largest absolute Gasteiger partial charge is 0.356 e. The fraction of sp³-hybridized carbons (Fsp3) is 0.429. The SMILES string of the molecule is CCCCNC(=O)CC(NC(N)=O)c1cccc(Br)c1. The number of rotatable bonds is 7.